The molecular weight excluding hydrogens is 396 g/mol. The Hall–Kier alpha value is -2.94. The predicted molar refractivity (Wildman–Crippen MR) is 113 cm³/mol. The van der Waals surface area contributed by atoms with Crippen molar-refractivity contribution in [1.82, 2.24) is 0 Å². The number of anilines is 2. The highest BCUT2D eigenvalue weighted by molar-refractivity contribution is 7.92. The number of sulfonamides is 1. The van der Waals surface area contributed by atoms with Crippen LogP contribution >= 0.6 is 0 Å². The Kier molecular flexibility index (Phi) is 7.72. The van der Waals surface area contributed by atoms with Gasteiger partial charge in [-0.15, -0.1) is 0 Å². The van der Waals surface area contributed by atoms with E-state index in [9.17, 15) is 13.2 Å². The van der Waals surface area contributed by atoms with Gasteiger partial charge in [0.15, 0.2) is 11.5 Å². The lowest BCUT2D eigenvalue weighted by Gasteiger charge is -2.14. The molecule has 2 rings (SSSR count). The molecule has 0 aromatic heterocycles. The molecule has 2 aromatic carbocycles. The summed E-state index contributed by atoms with van der Waals surface area (Å²) in [6.45, 7) is 2.65. The molecule has 0 atom stereocenters. The first-order valence-corrected chi connectivity index (χ1v) is 10.9. The third-order valence-electron chi connectivity index (χ3n) is 3.94. The van der Waals surface area contributed by atoms with Gasteiger partial charge in [-0.2, -0.15) is 0 Å². The van der Waals surface area contributed by atoms with E-state index in [0.29, 0.717) is 29.4 Å². The Labute approximate surface area is 171 Å². The monoisotopic (exact) mass is 422 g/mol. The van der Waals surface area contributed by atoms with Crippen LogP contribution in [0.5, 0.6) is 17.2 Å². The SMILES string of the molecule is CCCCOc1ccc(C(=O)Nc2ccc(NS(C)(=O)=O)c(OC)c2)cc1OC. The number of hydrogen-bond acceptors (Lipinski definition) is 6. The number of unbranched alkanes of at least 4 members (excludes halogenated alkanes) is 1. The van der Waals surface area contributed by atoms with Crippen LogP contribution in [0.1, 0.15) is 30.1 Å². The lowest BCUT2D eigenvalue weighted by molar-refractivity contribution is 0.102. The summed E-state index contributed by atoms with van der Waals surface area (Å²) in [5.41, 5.74) is 1.12. The molecule has 158 valence electrons. The second-order valence-electron chi connectivity index (χ2n) is 6.31. The van der Waals surface area contributed by atoms with E-state index in [-0.39, 0.29) is 17.3 Å². The molecule has 2 aromatic rings. The third-order valence-corrected chi connectivity index (χ3v) is 4.53. The van der Waals surface area contributed by atoms with Gasteiger partial charge in [0.25, 0.3) is 5.91 Å². The van der Waals surface area contributed by atoms with Gasteiger partial charge < -0.3 is 19.5 Å². The van der Waals surface area contributed by atoms with E-state index >= 15 is 0 Å². The van der Waals surface area contributed by atoms with Gasteiger partial charge in [-0.1, -0.05) is 13.3 Å². The molecule has 0 fully saturated rings. The zero-order valence-electron chi connectivity index (χ0n) is 16.9. The Bertz CT molecular complexity index is 959. The smallest absolute Gasteiger partial charge is 0.255 e. The van der Waals surface area contributed by atoms with Gasteiger partial charge in [0.1, 0.15) is 5.75 Å². The normalized spacial score (nSPS) is 10.9. The van der Waals surface area contributed by atoms with E-state index in [0.717, 1.165) is 19.1 Å². The van der Waals surface area contributed by atoms with Gasteiger partial charge in [0, 0.05) is 17.3 Å². The summed E-state index contributed by atoms with van der Waals surface area (Å²) in [5.74, 6) is 0.981. The summed E-state index contributed by atoms with van der Waals surface area (Å²) in [6, 6.07) is 9.57. The lowest BCUT2D eigenvalue weighted by atomic mass is 10.1. The summed E-state index contributed by atoms with van der Waals surface area (Å²) in [6.07, 6.45) is 2.99. The Balaban J connectivity index is 2.17. The van der Waals surface area contributed by atoms with Gasteiger partial charge in [-0.25, -0.2) is 8.42 Å². The molecule has 2 N–H and O–H groups in total. The molecule has 0 bridgehead atoms. The number of carbonyl (C=O) groups excluding carboxylic acids is 1. The standard InChI is InChI=1S/C20H26N2O6S/c1-5-6-11-28-17-10-7-14(12-19(17)27-3)20(23)21-15-8-9-16(18(13-15)26-2)22-29(4,24)25/h7-10,12-13,22H,5-6,11H2,1-4H3,(H,21,23). The predicted octanol–water partition coefficient (Wildman–Crippen LogP) is 3.51. The average molecular weight is 423 g/mol. The van der Waals surface area contributed by atoms with E-state index in [1.54, 1.807) is 24.3 Å². The molecule has 0 aliphatic carbocycles. The molecule has 0 aliphatic rings. The fourth-order valence-corrected chi connectivity index (χ4v) is 3.08. The van der Waals surface area contributed by atoms with Crippen LogP contribution in [0.3, 0.4) is 0 Å². The Morgan fingerprint density at radius 1 is 1.00 bits per heavy atom. The summed E-state index contributed by atoms with van der Waals surface area (Å²) >= 11 is 0. The number of hydrogen-bond donors (Lipinski definition) is 2. The first kappa shape index (κ1) is 22.4. The number of rotatable bonds is 10. The molecule has 1 amide bonds. The number of benzene rings is 2. The van der Waals surface area contributed by atoms with Crippen molar-refractivity contribution in [2.45, 2.75) is 19.8 Å². The molecule has 0 heterocycles. The van der Waals surface area contributed by atoms with Crippen LogP contribution in [0.15, 0.2) is 36.4 Å². The maximum Gasteiger partial charge on any atom is 0.255 e. The van der Waals surface area contributed by atoms with Crippen LogP contribution in [0, 0.1) is 0 Å². The molecule has 0 radical (unpaired) electrons. The second-order valence-corrected chi connectivity index (χ2v) is 8.06. The number of nitrogens with one attached hydrogen (secondary N) is 2. The lowest BCUT2D eigenvalue weighted by Crippen LogP contribution is -2.13. The zero-order valence-corrected chi connectivity index (χ0v) is 17.8. The largest absolute Gasteiger partial charge is 0.494 e. The molecule has 0 spiro atoms. The average Bonchev–Trinajstić information content (AvgIpc) is 2.68. The van der Waals surface area contributed by atoms with Crippen LogP contribution in [0.2, 0.25) is 0 Å². The highest BCUT2D eigenvalue weighted by atomic mass is 32.2. The molecule has 9 heteroatoms. The molecule has 0 saturated carbocycles. The van der Waals surface area contributed by atoms with Crippen molar-refractivity contribution in [3.05, 3.63) is 42.0 Å². The van der Waals surface area contributed by atoms with Crippen molar-refractivity contribution >= 4 is 27.3 Å². The molecular formula is C20H26N2O6S. The van der Waals surface area contributed by atoms with Gasteiger partial charge in [-0.3, -0.25) is 9.52 Å². The van der Waals surface area contributed by atoms with E-state index < -0.39 is 10.0 Å². The first-order chi connectivity index (χ1) is 13.8. The molecule has 0 aliphatic heterocycles. The molecule has 0 unspecified atom stereocenters. The summed E-state index contributed by atoms with van der Waals surface area (Å²) < 4.78 is 41.4. The van der Waals surface area contributed by atoms with Crippen molar-refractivity contribution < 1.29 is 27.4 Å². The van der Waals surface area contributed by atoms with Crippen molar-refractivity contribution in [2.75, 3.05) is 37.1 Å². The highest BCUT2D eigenvalue weighted by Gasteiger charge is 2.14. The van der Waals surface area contributed by atoms with Crippen molar-refractivity contribution in [2.24, 2.45) is 0 Å². The Morgan fingerprint density at radius 3 is 2.34 bits per heavy atom. The van der Waals surface area contributed by atoms with E-state index in [1.807, 2.05) is 0 Å². The molecule has 29 heavy (non-hydrogen) atoms. The highest BCUT2D eigenvalue weighted by Crippen LogP contribution is 2.30. The maximum atomic E-state index is 12.6. The molecule has 8 nitrogen and oxygen atoms in total. The van der Waals surface area contributed by atoms with E-state index in [4.69, 9.17) is 14.2 Å². The van der Waals surface area contributed by atoms with Gasteiger partial charge in [0.2, 0.25) is 10.0 Å². The fourth-order valence-electron chi connectivity index (χ4n) is 2.51. The van der Waals surface area contributed by atoms with Crippen LogP contribution in [0.25, 0.3) is 0 Å². The third kappa shape index (κ3) is 6.56. The number of methoxy groups -OCH3 is 2. The van der Waals surface area contributed by atoms with Crippen LogP contribution in [0.4, 0.5) is 11.4 Å². The van der Waals surface area contributed by atoms with Crippen LogP contribution in [-0.4, -0.2) is 41.4 Å². The maximum absolute atomic E-state index is 12.6. The topological polar surface area (TPSA) is 103 Å². The van der Waals surface area contributed by atoms with E-state index in [2.05, 4.69) is 17.0 Å². The number of carbonyl (C=O) groups is 1. The van der Waals surface area contributed by atoms with Crippen molar-refractivity contribution in [1.29, 1.82) is 0 Å². The summed E-state index contributed by atoms with van der Waals surface area (Å²) in [5, 5.41) is 2.75. The number of amides is 1. The summed E-state index contributed by atoms with van der Waals surface area (Å²) in [7, 11) is -0.523. The minimum Gasteiger partial charge on any atom is -0.494 e. The minimum atomic E-state index is -3.45. The van der Waals surface area contributed by atoms with Gasteiger partial charge in [0.05, 0.1) is 32.8 Å². The van der Waals surface area contributed by atoms with Crippen LogP contribution < -0.4 is 24.2 Å². The minimum absolute atomic E-state index is 0.281. The first-order valence-electron chi connectivity index (χ1n) is 9.05. The van der Waals surface area contributed by atoms with Crippen molar-refractivity contribution in [3.63, 3.8) is 0 Å². The van der Waals surface area contributed by atoms with Gasteiger partial charge in [-0.05, 0) is 36.8 Å². The fraction of sp³-hybridized carbons (Fsp3) is 0.350. The number of ether oxygens (including phenoxy) is 3. The molecule has 0 saturated heterocycles. The Morgan fingerprint density at radius 2 is 1.72 bits per heavy atom. The zero-order chi connectivity index (χ0) is 21.4. The van der Waals surface area contributed by atoms with Crippen molar-refractivity contribution in [3.8, 4) is 17.2 Å². The quantitative estimate of drug-likeness (QED) is 0.568. The van der Waals surface area contributed by atoms with E-state index in [1.165, 1.54) is 26.4 Å². The second kappa shape index (κ2) is 10.0. The van der Waals surface area contributed by atoms with Crippen LogP contribution in [-0.2, 0) is 10.0 Å². The summed E-state index contributed by atoms with van der Waals surface area (Å²) in [4.78, 5) is 12.6. The van der Waals surface area contributed by atoms with Gasteiger partial charge >= 0.3 is 0 Å².